The number of rotatable bonds is 1. The molecule has 0 aromatic carbocycles. The summed E-state index contributed by atoms with van der Waals surface area (Å²) < 4.78 is 0. The van der Waals surface area contributed by atoms with Gasteiger partial charge in [-0.05, 0) is 6.92 Å². The number of nitrogens with zero attached hydrogens (tertiary/aromatic N) is 1. The molecule has 0 atom stereocenters. The van der Waals surface area contributed by atoms with Crippen LogP contribution < -0.4 is 5.73 Å². The summed E-state index contributed by atoms with van der Waals surface area (Å²) in [5.74, 6) is -0.435. The van der Waals surface area contributed by atoms with Crippen LogP contribution in [-0.4, -0.2) is 5.91 Å². The van der Waals surface area contributed by atoms with Gasteiger partial charge in [-0.3, -0.25) is 4.79 Å². The van der Waals surface area contributed by atoms with Gasteiger partial charge < -0.3 is 5.73 Å². The van der Waals surface area contributed by atoms with Gasteiger partial charge in [0.1, 0.15) is 0 Å². The van der Waals surface area contributed by atoms with Crippen molar-refractivity contribution in [2.45, 2.75) is 13.8 Å². The topological polar surface area (TPSA) is 66.9 Å². The third kappa shape index (κ3) is 20.3. The smallest absolute Gasteiger partial charge is 0.243 e. The number of carbonyl (C=O) groups excluding carboxylic acids is 1. The molecule has 0 heterocycles. The maximum atomic E-state index is 9.82. The minimum absolute atomic E-state index is 0.398. The Labute approximate surface area is 54.8 Å². The highest BCUT2D eigenvalue weighted by molar-refractivity contribution is 5.90. The molecule has 0 aliphatic carbocycles. The van der Waals surface area contributed by atoms with Crippen LogP contribution in [-0.2, 0) is 4.79 Å². The molecule has 50 valence electrons. The molecule has 2 N–H and O–H groups in total. The van der Waals surface area contributed by atoms with Gasteiger partial charge in [-0.25, -0.2) is 0 Å². The number of carbonyl (C=O) groups is 1. The van der Waals surface area contributed by atoms with Crippen molar-refractivity contribution in [3.63, 3.8) is 0 Å². The lowest BCUT2D eigenvalue weighted by molar-refractivity contribution is -0.114. The molecule has 9 heavy (non-hydrogen) atoms. The molecule has 0 saturated heterocycles. The fraction of sp³-hybridized carbons (Fsp3) is 0.333. The lowest BCUT2D eigenvalue weighted by Gasteiger charge is -1.81. The molecule has 1 amide bonds. The number of nitriles is 1. The molecule has 3 heteroatoms. The van der Waals surface area contributed by atoms with Crippen LogP contribution in [0.3, 0.4) is 0 Å². The third-order valence-electron chi connectivity index (χ3n) is 0.421. The van der Waals surface area contributed by atoms with Crippen molar-refractivity contribution < 1.29 is 4.79 Å². The van der Waals surface area contributed by atoms with E-state index in [0.717, 1.165) is 0 Å². The Morgan fingerprint density at radius 1 is 1.78 bits per heavy atom. The van der Waals surface area contributed by atoms with Crippen LogP contribution in [0.2, 0.25) is 0 Å². The number of amides is 1. The number of hydrogen-bond acceptors (Lipinski definition) is 2. The maximum Gasteiger partial charge on any atom is 0.243 e. The minimum Gasteiger partial charge on any atom is -0.366 e. The molecule has 0 bridgehead atoms. The third-order valence-corrected chi connectivity index (χ3v) is 0.421. The zero-order valence-electron chi connectivity index (χ0n) is 5.64. The molecule has 0 aromatic rings. The van der Waals surface area contributed by atoms with Gasteiger partial charge in [0.2, 0.25) is 5.91 Å². The Balaban J connectivity index is 0. The molecular weight excluding hydrogens is 116 g/mol. The van der Waals surface area contributed by atoms with Crippen molar-refractivity contribution in [2.24, 2.45) is 5.73 Å². The number of nitrogens with two attached hydrogens (primary N) is 1. The van der Waals surface area contributed by atoms with Crippen LogP contribution in [0.4, 0.5) is 0 Å². The first-order valence-electron chi connectivity index (χ1n) is 2.32. The lowest BCUT2D eigenvalue weighted by atomic mass is 10.3. The Hall–Kier alpha value is -1.30. The summed E-state index contributed by atoms with van der Waals surface area (Å²) in [6.07, 6.45) is 0. The Morgan fingerprint density at radius 3 is 1.89 bits per heavy atom. The summed E-state index contributed by atoms with van der Waals surface area (Å²) >= 11 is 0. The summed E-state index contributed by atoms with van der Waals surface area (Å²) in [6.45, 7) is 6.28. The zero-order chi connectivity index (χ0) is 7.86. The monoisotopic (exact) mass is 126 g/mol. The van der Waals surface area contributed by atoms with Gasteiger partial charge in [0.15, 0.2) is 0 Å². The van der Waals surface area contributed by atoms with Gasteiger partial charge in [0.25, 0.3) is 0 Å². The van der Waals surface area contributed by atoms with Crippen LogP contribution in [0.15, 0.2) is 12.2 Å². The highest BCUT2D eigenvalue weighted by Gasteiger charge is 1.86. The molecule has 0 radical (unpaired) electrons. The highest BCUT2D eigenvalue weighted by Crippen LogP contribution is 1.78. The quantitative estimate of drug-likeness (QED) is 0.522. The first-order valence-corrected chi connectivity index (χ1v) is 2.32. The Bertz CT molecular complexity index is 132. The second-order valence-electron chi connectivity index (χ2n) is 1.37. The first-order chi connectivity index (χ1) is 4.06. The molecule has 0 unspecified atom stereocenters. The largest absolute Gasteiger partial charge is 0.366 e. The standard InChI is InChI=1S/C4H7NO.C2H3N/c1-3(2)4(5)6;1-2-3/h1H2,2H3,(H2,5,6);1H3. The molecule has 3 nitrogen and oxygen atoms in total. The van der Waals surface area contributed by atoms with Crippen molar-refractivity contribution in [1.29, 1.82) is 5.26 Å². The van der Waals surface area contributed by atoms with Crippen molar-refractivity contribution in [2.75, 3.05) is 0 Å². The molecule has 0 saturated carbocycles. The lowest BCUT2D eigenvalue weighted by Crippen LogP contribution is -2.10. The van der Waals surface area contributed by atoms with Crippen LogP contribution >= 0.6 is 0 Å². The van der Waals surface area contributed by atoms with E-state index < -0.39 is 5.91 Å². The normalized spacial score (nSPS) is 5.89. The molecular formula is C6H10N2O. The first kappa shape index (κ1) is 10.6. The van der Waals surface area contributed by atoms with Crippen molar-refractivity contribution in [3.05, 3.63) is 12.2 Å². The minimum atomic E-state index is -0.435. The fourth-order valence-electron chi connectivity index (χ4n) is 0. The maximum absolute atomic E-state index is 9.82. The summed E-state index contributed by atoms with van der Waals surface area (Å²) in [5, 5.41) is 7.32. The molecule has 0 fully saturated rings. The Kier molecular flexibility index (Phi) is 7.92. The van der Waals surface area contributed by atoms with Crippen molar-refractivity contribution in [3.8, 4) is 6.07 Å². The summed E-state index contributed by atoms with van der Waals surface area (Å²) in [6, 6.07) is 1.75. The van der Waals surface area contributed by atoms with Gasteiger partial charge in [-0.2, -0.15) is 5.26 Å². The van der Waals surface area contributed by atoms with Crippen molar-refractivity contribution in [1.82, 2.24) is 0 Å². The zero-order valence-corrected chi connectivity index (χ0v) is 5.64. The predicted molar refractivity (Wildman–Crippen MR) is 35.3 cm³/mol. The molecule has 0 spiro atoms. The van der Waals surface area contributed by atoms with Crippen LogP contribution in [0.5, 0.6) is 0 Å². The average molecular weight is 126 g/mol. The SMILES string of the molecule is C=C(C)C(N)=O.CC#N. The molecule has 0 aromatic heterocycles. The van der Waals surface area contributed by atoms with E-state index in [-0.39, 0.29) is 0 Å². The van der Waals surface area contributed by atoms with E-state index in [1.807, 2.05) is 0 Å². The summed E-state index contributed by atoms with van der Waals surface area (Å²) in [5.41, 5.74) is 5.09. The molecule has 0 aliphatic heterocycles. The second kappa shape index (κ2) is 6.70. The Morgan fingerprint density at radius 2 is 1.89 bits per heavy atom. The van der Waals surface area contributed by atoms with E-state index in [4.69, 9.17) is 11.0 Å². The summed E-state index contributed by atoms with van der Waals surface area (Å²) in [4.78, 5) is 9.82. The highest BCUT2D eigenvalue weighted by atomic mass is 16.1. The predicted octanol–water partition coefficient (Wildman–Crippen LogP) is 0.578. The van der Waals surface area contributed by atoms with Crippen LogP contribution in [0.25, 0.3) is 0 Å². The molecule has 0 rings (SSSR count). The van der Waals surface area contributed by atoms with Gasteiger partial charge in [0.05, 0.1) is 6.07 Å². The second-order valence-corrected chi connectivity index (χ2v) is 1.37. The fourth-order valence-corrected chi connectivity index (χ4v) is 0. The van der Waals surface area contributed by atoms with Gasteiger partial charge in [0, 0.05) is 12.5 Å². The summed E-state index contributed by atoms with van der Waals surface area (Å²) in [7, 11) is 0. The van der Waals surface area contributed by atoms with E-state index in [2.05, 4.69) is 6.58 Å². The van der Waals surface area contributed by atoms with E-state index in [9.17, 15) is 4.79 Å². The number of primary amides is 1. The van der Waals surface area contributed by atoms with Gasteiger partial charge in [-0.15, -0.1) is 0 Å². The van der Waals surface area contributed by atoms with Gasteiger partial charge >= 0.3 is 0 Å². The van der Waals surface area contributed by atoms with E-state index in [1.165, 1.54) is 6.92 Å². The van der Waals surface area contributed by atoms with Crippen LogP contribution in [0.1, 0.15) is 13.8 Å². The van der Waals surface area contributed by atoms with Gasteiger partial charge in [-0.1, -0.05) is 6.58 Å². The van der Waals surface area contributed by atoms with Crippen LogP contribution in [0, 0.1) is 11.3 Å². The van der Waals surface area contributed by atoms with E-state index in [1.54, 1.807) is 13.0 Å². The average Bonchev–Trinajstić information content (AvgIpc) is 1.68. The van der Waals surface area contributed by atoms with Crippen molar-refractivity contribution >= 4 is 5.91 Å². The van der Waals surface area contributed by atoms with E-state index in [0.29, 0.717) is 5.57 Å². The molecule has 0 aliphatic rings. The number of hydrogen-bond donors (Lipinski definition) is 1. The van der Waals surface area contributed by atoms with E-state index >= 15 is 0 Å².